The van der Waals surface area contributed by atoms with Gasteiger partial charge in [0.05, 0.1) is 12.2 Å². The highest BCUT2D eigenvalue weighted by molar-refractivity contribution is 5.94. The lowest BCUT2D eigenvalue weighted by molar-refractivity contribution is -0.0152. The fourth-order valence-corrected chi connectivity index (χ4v) is 1.90. The van der Waals surface area contributed by atoms with Crippen LogP contribution in [0.25, 0.3) is 10.8 Å². The van der Waals surface area contributed by atoms with Gasteiger partial charge in [-0.2, -0.15) is 0 Å². The minimum absolute atomic E-state index is 0.191. The molecule has 0 aromatic heterocycles. The summed E-state index contributed by atoms with van der Waals surface area (Å²) >= 11 is 0. The average molecular weight is 262 g/mol. The van der Waals surface area contributed by atoms with E-state index in [0.717, 1.165) is 10.8 Å². The van der Waals surface area contributed by atoms with Crippen molar-refractivity contribution in [3.8, 4) is 0 Å². The fraction of sp³-hybridized carbons (Fsp3) is 0.214. The lowest BCUT2D eigenvalue weighted by Gasteiger charge is -2.16. The van der Waals surface area contributed by atoms with Crippen LogP contribution in [0.2, 0.25) is 0 Å². The fourth-order valence-electron chi connectivity index (χ4n) is 1.90. The van der Waals surface area contributed by atoms with Crippen LogP contribution in [0, 0.1) is 0 Å². The molecule has 2 aromatic carbocycles. The number of carboxylic acid groups (broad SMARTS) is 1. The van der Waals surface area contributed by atoms with Gasteiger partial charge in [0, 0.05) is 0 Å². The summed E-state index contributed by atoms with van der Waals surface area (Å²) in [6.45, 7) is -0.531. The van der Waals surface area contributed by atoms with Crippen molar-refractivity contribution in [3.63, 3.8) is 0 Å². The molecule has 0 saturated heterocycles. The van der Waals surface area contributed by atoms with Crippen LogP contribution in [0.15, 0.2) is 36.4 Å². The van der Waals surface area contributed by atoms with Crippen molar-refractivity contribution < 1.29 is 25.2 Å². The molecule has 100 valence electrons. The topological polar surface area (TPSA) is 98.0 Å². The number of aliphatic hydroxyl groups is 3. The van der Waals surface area contributed by atoms with Crippen LogP contribution in [0.4, 0.5) is 0 Å². The molecule has 0 bridgehead atoms. The zero-order chi connectivity index (χ0) is 14.0. The first kappa shape index (κ1) is 13.5. The van der Waals surface area contributed by atoms with Crippen LogP contribution in [-0.4, -0.2) is 39.1 Å². The first-order valence-corrected chi connectivity index (χ1v) is 5.77. The largest absolute Gasteiger partial charge is 0.478 e. The molecule has 0 fully saturated rings. The third-order valence-corrected chi connectivity index (χ3v) is 3.00. The highest BCUT2D eigenvalue weighted by Crippen LogP contribution is 2.23. The van der Waals surface area contributed by atoms with Crippen molar-refractivity contribution in [1.82, 2.24) is 0 Å². The van der Waals surface area contributed by atoms with Crippen molar-refractivity contribution in [2.45, 2.75) is 12.2 Å². The highest BCUT2D eigenvalue weighted by Gasteiger charge is 2.17. The second-order valence-electron chi connectivity index (χ2n) is 4.32. The normalized spacial score (nSPS) is 14.3. The van der Waals surface area contributed by atoms with Gasteiger partial charge >= 0.3 is 5.97 Å². The Labute approximate surface area is 109 Å². The third kappa shape index (κ3) is 2.73. The first-order chi connectivity index (χ1) is 9.02. The summed E-state index contributed by atoms with van der Waals surface area (Å²) in [5.74, 6) is -0.998. The van der Waals surface area contributed by atoms with Gasteiger partial charge in [-0.1, -0.05) is 18.2 Å². The number of aliphatic hydroxyl groups excluding tert-OH is 3. The third-order valence-electron chi connectivity index (χ3n) is 3.00. The van der Waals surface area contributed by atoms with Crippen LogP contribution in [0.5, 0.6) is 0 Å². The molecule has 0 heterocycles. The van der Waals surface area contributed by atoms with E-state index in [-0.39, 0.29) is 5.56 Å². The molecule has 5 nitrogen and oxygen atoms in total. The van der Waals surface area contributed by atoms with E-state index in [1.165, 1.54) is 12.1 Å². The number of benzene rings is 2. The zero-order valence-corrected chi connectivity index (χ0v) is 10.0. The highest BCUT2D eigenvalue weighted by atomic mass is 16.4. The Morgan fingerprint density at radius 3 is 2.32 bits per heavy atom. The maximum atomic E-state index is 10.8. The second-order valence-corrected chi connectivity index (χ2v) is 4.32. The van der Waals surface area contributed by atoms with Gasteiger partial charge in [0.25, 0.3) is 0 Å². The maximum absolute atomic E-state index is 10.8. The standard InChI is InChI=1S/C14H14O5/c15-7-12(16)13(17)10-3-1-9-6-11(14(18)19)4-2-8(9)5-10/h1-6,12-13,15-17H,7H2,(H,18,19). The first-order valence-electron chi connectivity index (χ1n) is 5.77. The molecule has 0 saturated carbocycles. The van der Waals surface area contributed by atoms with E-state index in [2.05, 4.69) is 0 Å². The van der Waals surface area contributed by atoms with Crippen molar-refractivity contribution >= 4 is 16.7 Å². The van der Waals surface area contributed by atoms with Crippen LogP contribution >= 0.6 is 0 Å². The number of rotatable bonds is 4. The summed E-state index contributed by atoms with van der Waals surface area (Å²) < 4.78 is 0. The van der Waals surface area contributed by atoms with E-state index < -0.39 is 24.8 Å². The SMILES string of the molecule is O=C(O)c1ccc2cc(C(O)C(O)CO)ccc2c1. The number of hydrogen-bond donors (Lipinski definition) is 4. The van der Waals surface area contributed by atoms with Crippen LogP contribution < -0.4 is 0 Å². The second kappa shape index (κ2) is 5.36. The Bertz CT molecular complexity index is 608. The van der Waals surface area contributed by atoms with Gasteiger partial charge < -0.3 is 20.4 Å². The molecule has 0 aliphatic rings. The van der Waals surface area contributed by atoms with Gasteiger partial charge in [-0.15, -0.1) is 0 Å². The van der Waals surface area contributed by atoms with Gasteiger partial charge in [-0.05, 0) is 34.5 Å². The number of carbonyl (C=O) groups is 1. The van der Waals surface area contributed by atoms with E-state index in [0.29, 0.717) is 5.56 Å². The van der Waals surface area contributed by atoms with Crippen molar-refractivity contribution in [1.29, 1.82) is 0 Å². The summed E-state index contributed by atoms with van der Waals surface area (Å²) in [6.07, 6.45) is -2.41. The summed E-state index contributed by atoms with van der Waals surface area (Å²) in [5.41, 5.74) is 0.660. The molecule has 19 heavy (non-hydrogen) atoms. The zero-order valence-electron chi connectivity index (χ0n) is 10.0. The van der Waals surface area contributed by atoms with E-state index >= 15 is 0 Å². The molecule has 0 spiro atoms. The number of carboxylic acids is 1. The number of hydrogen-bond acceptors (Lipinski definition) is 4. The van der Waals surface area contributed by atoms with Crippen LogP contribution in [0.3, 0.4) is 0 Å². The molecular weight excluding hydrogens is 248 g/mol. The summed E-state index contributed by atoms with van der Waals surface area (Å²) in [6, 6.07) is 9.58. The summed E-state index contributed by atoms with van der Waals surface area (Å²) in [5, 5.41) is 38.4. The minimum Gasteiger partial charge on any atom is -0.478 e. The molecule has 2 aromatic rings. The van der Waals surface area contributed by atoms with Crippen molar-refractivity contribution in [3.05, 3.63) is 47.5 Å². The monoisotopic (exact) mass is 262 g/mol. The van der Waals surface area contributed by atoms with Crippen molar-refractivity contribution in [2.75, 3.05) is 6.61 Å². The smallest absolute Gasteiger partial charge is 0.335 e. The molecule has 5 heteroatoms. The van der Waals surface area contributed by atoms with E-state index in [1.54, 1.807) is 24.3 Å². The van der Waals surface area contributed by atoms with Gasteiger partial charge in [-0.3, -0.25) is 0 Å². The number of aromatic carboxylic acids is 1. The van der Waals surface area contributed by atoms with Gasteiger partial charge in [0.1, 0.15) is 12.2 Å². The molecule has 0 aliphatic carbocycles. The Kier molecular flexibility index (Phi) is 3.80. The van der Waals surface area contributed by atoms with E-state index in [1.807, 2.05) is 0 Å². The van der Waals surface area contributed by atoms with Crippen molar-refractivity contribution in [2.24, 2.45) is 0 Å². The lowest BCUT2D eigenvalue weighted by Crippen LogP contribution is -2.21. The van der Waals surface area contributed by atoms with Gasteiger partial charge in [0.2, 0.25) is 0 Å². The molecule has 0 aliphatic heterocycles. The molecular formula is C14H14O5. The van der Waals surface area contributed by atoms with Crippen LogP contribution in [0.1, 0.15) is 22.0 Å². The Hall–Kier alpha value is -1.95. The van der Waals surface area contributed by atoms with Crippen LogP contribution in [-0.2, 0) is 0 Å². The van der Waals surface area contributed by atoms with E-state index in [4.69, 9.17) is 10.2 Å². The minimum atomic E-state index is -1.24. The molecule has 0 amide bonds. The quantitative estimate of drug-likeness (QED) is 0.657. The summed E-state index contributed by atoms with van der Waals surface area (Å²) in [7, 11) is 0. The van der Waals surface area contributed by atoms with Gasteiger partial charge in [0.15, 0.2) is 0 Å². The lowest BCUT2D eigenvalue weighted by atomic mass is 9.99. The molecule has 2 atom stereocenters. The Morgan fingerprint density at radius 1 is 1.05 bits per heavy atom. The molecule has 2 rings (SSSR count). The maximum Gasteiger partial charge on any atom is 0.335 e. The molecule has 0 radical (unpaired) electrons. The molecule has 2 unspecified atom stereocenters. The number of fused-ring (bicyclic) bond motifs is 1. The van der Waals surface area contributed by atoms with E-state index in [9.17, 15) is 15.0 Å². The Balaban J connectivity index is 2.42. The molecule has 4 N–H and O–H groups in total. The average Bonchev–Trinajstić information content (AvgIpc) is 2.44. The predicted molar refractivity (Wildman–Crippen MR) is 69.0 cm³/mol. The predicted octanol–water partition coefficient (Wildman–Crippen LogP) is 0.925. The summed E-state index contributed by atoms with van der Waals surface area (Å²) in [4.78, 5) is 10.8. The Morgan fingerprint density at radius 2 is 1.68 bits per heavy atom. The van der Waals surface area contributed by atoms with Gasteiger partial charge in [-0.25, -0.2) is 4.79 Å².